The number of nitrogens with zero attached hydrogens (tertiary/aromatic N) is 1. The highest BCUT2D eigenvalue weighted by Crippen LogP contribution is 2.16. The normalized spacial score (nSPS) is 11.9. The lowest BCUT2D eigenvalue weighted by atomic mass is 10.2. The predicted molar refractivity (Wildman–Crippen MR) is 90.9 cm³/mol. The molecule has 1 N–H and O–H groups in total. The fourth-order valence-electron chi connectivity index (χ4n) is 2.50. The number of benzene rings is 2. The summed E-state index contributed by atoms with van der Waals surface area (Å²) in [5, 5.41) is 3.63. The highest BCUT2D eigenvalue weighted by Gasteiger charge is 2.14. The zero-order valence-electron chi connectivity index (χ0n) is 12.8. The molecular weight excluding hydrogens is 312 g/mol. The molecule has 1 aromatic heterocycles. The topological polar surface area (TPSA) is 71.9 Å². The SMILES string of the molecule is CCCCS(=O)(=O)c1ccc(-n2[nH]c3ccccc3c2=O)cc1. The number of H-pyrrole nitrogens is 1. The minimum absolute atomic E-state index is 0.148. The number of nitrogens with one attached hydrogen (secondary N) is 1. The fourth-order valence-corrected chi connectivity index (χ4v) is 3.95. The van der Waals surface area contributed by atoms with Crippen molar-refractivity contribution in [1.29, 1.82) is 0 Å². The second kappa shape index (κ2) is 6.04. The van der Waals surface area contributed by atoms with Crippen molar-refractivity contribution in [3.05, 3.63) is 58.9 Å². The Hall–Kier alpha value is -2.34. The number of fused-ring (bicyclic) bond motifs is 1. The molecule has 0 amide bonds. The number of hydrogen-bond donors (Lipinski definition) is 1. The molecule has 0 spiro atoms. The van der Waals surface area contributed by atoms with Crippen molar-refractivity contribution in [2.45, 2.75) is 24.7 Å². The third kappa shape index (κ3) is 2.94. The number of unbranched alkanes of at least 4 members (excludes halogenated alkanes) is 1. The van der Waals surface area contributed by atoms with Crippen LogP contribution in [0, 0.1) is 0 Å². The Balaban J connectivity index is 1.99. The Morgan fingerprint density at radius 2 is 1.74 bits per heavy atom. The molecule has 6 heteroatoms. The van der Waals surface area contributed by atoms with Gasteiger partial charge in [0.25, 0.3) is 5.56 Å². The van der Waals surface area contributed by atoms with E-state index < -0.39 is 9.84 Å². The quantitative estimate of drug-likeness (QED) is 0.782. The van der Waals surface area contributed by atoms with E-state index in [0.29, 0.717) is 22.4 Å². The van der Waals surface area contributed by atoms with Crippen molar-refractivity contribution < 1.29 is 8.42 Å². The van der Waals surface area contributed by atoms with E-state index in [1.807, 2.05) is 25.1 Å². The summed E-state index contributed by atoms with van der Waals surface area (Å²) >= 11 is 0. The van der Waals surface area contributed by atoms with Gasteiger partial charge in [-0.3, -0.25) is 9.89 Å². The monoisotopic (exact) mass is 330 g/mol. The van der Waals surface area contributed by atoms with Crippen LogP contribution in [0.4, 0.5) is 0 Å². The maximum Gasteiger partial charge on any atom is 0.279 e. The van der Waals surface area contributed by atoms with Crippen LogP contribution in [0.3, 0.4) is 0 Å². The van der Waals surface area contributed by atoms with Crippen molar-refractivity contribution >= 4 is 20.7 Å². The van der Waals surface area contributed by atoms with Crippen LogP contribution in [0.1, 0.15) is 19.8 Å². The van der Waals surface area contributed by atoms with Gasteiger partial charge in [-0.15, -0.1) is 0 Å². The third-order valence-corrected chi connectivity index (χ3v) is 5.63. The molecule has 0 aliphatic rings. The standard InChI is InChI=1S/C17H18N2O3S/c1-2-3-12-23(21,22)14-10-8-13(9-11-14)19-17(20)15-6-4-5-7-16(15)18-19/h4-11,18H,2-3,12H2,1H3. The predicted octanol–water partition coefficient (Wildman–Crippen LogP) is 2.89. The minimum atomic E-state index is -3.25. The molecule has 0 radical (unpaired) electrons. The summed E-state index contributed by atoms with van der Waals surface area (Å²) in [4.78, 5) is 12.7. The lowest BCUT2D eigenvalue weighted by molar-refractivity contribution is 0.592. The Kier molecular flexibility index (Phi) is 4.09. The Morgan fingerprint density at radius 1 is 1.04 bits per heavy atom. The van der Waals surface area contributed by atoms with Crippen LogP contribution >= 0.6 is 0 Å². The molecule has 23 heavy (non-hydrogen) atoms. The van der Waals surface area contributed by atoms with Gasteiger partial charge in [-0.2, -0.15) is 0 Å². The van der Waals surface area contributed by atoms with Gasteiger partial charge in [-0.25, -0.2) is 13.1 Å². The number of para-hydroxylation sites is 1. The van der Waals surface area contributed by atoms with E-state index in [2.05, 4.69) is 5.10 Å². The van der Waals surface area contributed by atoms with Gasteiger partial charge in [0, 0.05) is 0 Å². The highest BCUT2D eigenvalue weighted by molar-refractivity contribution is 7.91. The Morgan fingerprint density at radius 3 is 2.39 bits per heavy atom. The molecule has 0 fully saturated rings. The Bertz CT molecular complexity index is 983. The first kappa shape index (κ1) is 15.6. The summed E-state index contributed by atoms with van der Waals surface area (Å²) in [6.45, 7) is 1.96. The van der Waals surface area contributed by atoms with Gasteiger partial charge in [-0.05, 0) is 42.8 Å². The maximum absolute atomic E-state index is 12.4. The van der Waals surface area contributed by atoms with Crippen LogP contribution in [0.2, 0.25) is 0 Å². The fraction of sp³-hybridized carbons (Fsp3) is 0.235. The molecule has 120 valence electrons. The zero-order valence-corrected chi connectivity index (χ0v) is 13.6. The number of aromatic amines is 1. The highest BCUT2D eigenvalue weighted by atomic mass is 32.2. The minimum Gasteiger partial charge on any atom is -0.290 e. The largest absolute Gasteiger partial charge is 0.290 e. The average molecular weight is 330 g/mol. The van der Waals surface area contributed by atoms with Crippen LogP contribution in [0.5, 0.6) is 0 Å². The van der Waals surface area contributed by atoms with Crippen LogP contribution in [-0.4, -0.2) is 24.0 Å². The Labute approximate surface area is 134 Å². The molecule has 0 aliphatic heterocycles. The van der Waals surface area contributed by atoms with Gasteiger partial charge in [-0.1, -0.05) is 25.5 Å². The van der Waals surface area contributed by atoms with Crippen LogP contribution in [-0.2, 0) is 9.84 Å². The number of rotatable bonds is 5. The van der Waals surface area contributed by atoms with E-state index in [9.17, 15) is 13.2 Å². The van der Waals surface area contributed by atoms with E-state index in [0.717, 1.165) is 11.9 Å². The molecule has 3 aromatic rings. The van der Waals surface area contributed by atoms with Crippen LogP contribution in [0.15, 0.2) is 58.2 Å². The molecule has 3 rings (SSSR count). The van der Waals surface area contributed by atoms with E-state index in [-0.39, 0.29) is 11.3 Å². The molecule has 5 nitrogen and oxygen atoms in total. The van der Waals surface area contributed by atoms with Gasteiger partial charge in [0.15, 0.2) is 9.84 Å². The average Bonchev–Trinajstić information content (AvgIpc) is 2.90. The van der Waals surface area contributed by atoms with Gasteiger partial charge >= 0.3 is 0 Å². The zero-order chi connectivity index (χ0) is 16.4. The molecular formula is C17H18N2O3S. The molecule has 0 saturated heterocycles. The van der Waals surface area contributed by atoms with Crippen molar-refractivity contribution in [1.82, 2.24) is 9.78 Å². The second-order valence-corrected chi connectivity index (χ2v) is 7.57. The lowest BCUT2D eigenvalue weighted by Crippen LogP contribution is -2.14. The molecule has 0 saturated carbocycles. The molecule has 0 aliphatic carbocycles. The van der Waals surface area contributed by atoms with Crippen molar-refractivity contribution in [3.63, 3.8) is 0 Å². The smallest absolute Gasteiger partial charge is 0.279 e. The first-order valence-electron chi connectivity index (χ1n) is 7.56. The first-order valence-corrected chi connectivity index (χ1v) is 9.21. The number of aromatic nitrogens is 2. The first-order chi connectivity index (χ1) is 11.0. The van der Waals surface area contributed by atoms with Gasteiger partial charge in [0.2, 0.25) is 0 Å². The van der Waals surface area contributed by atoms with E-state index in [1.54, 1.807) is 30.3 Å². The molecule has 2 aromatic carbocycles. The molecule has 0 bridgehead atoms. The van der Waals surface area contributed by atoms with Crippen molar-refractivity contribution in [3.8, 4) is 5.69 Å². The summed E-state index contributed by atoms with van der Waals surface area (Å²) < 4.78 is 25.8. The van der Waals surface area contributed by atoms with E-state index >= 15 is 0 Å². The number of sulfone groups is 1. The molecule has 0 unspecified atom stereocenters. The van der Waals surface area contributed by atoms with Crippen molar-refractivity contribution in [2.75, 3.05) is 5.75 Å². The summed E-state index contributed by atoms with van der Waals surface area (Å²) in [6, 6.07) is 13.7. The summed E-state index contributed by atoms with van der Waals surface area (Å²) in [5.41, 5.74) is 1.21. The van der Waals surface area contributed by atoms with E-state index in [1.165, 1.54) is 4.68 Å². The summed E-state index contributed by atoms with van der Waals surface area (Å²) in [6.07, 6.45) is 1.48. The lowest BCUT2D eigenvalue weighted by Gasteiger charge is -2.05. The third-order valence-electron chi connectivity index (χ3n) is 3.81. The van der Waals surface area contributed by atoms with Gasteiger partial charge in [0.05, 0.1) is 27.2 Å². The van der Waals surface area contributed by atoms with Gasteiger partial charge in [0.1, 0.15) is 0 Å². The maximum atomic E-state index is 12.4. The summed E-state index contributed by atoms with van der Waals surface area (Å²) in [5.74, 6) is 0.148. The van der Waals surface area contributed by atoms with Crippen LogP contribution in [0.25, 0.3) is 16.6 Å². The van der Waals surface area contributed by atoms with Crippen molar-refractivity contribution in [2.24, 2.45) is 0 Å². The van der Waals surface area contributed by atoms with E-state index in [4.69, 9.17) is 0 Å². The molecule has 1 heterocycles. The molecule has 0 atom stereocenters. The number of hydrogen-bond acceptors (Lipinski definition) is 3. The second-order valence-electron chi connectivity index (χ2n) is 5.46. The van der Waals surface area contributed by atoms with Crippen LogP contribution < -0.4 is 5.56 Å². The van der Waals surface area contributed by atoms with Gasteiger partial charge < -0.3 is 0 Å². The summed E-state index contributed by atoms with van der Waals surface area (Å²) in [7, 11) is -3.25.